The highest BCUT2D eigenvalue weighted by Gasteiger charge is 2.44. The summed E-state index contributed by atoms with van der Waals surface area (Å²) in [4.78, 5) is 28.6. The van der Waals surface area contributed by atoms with Crippen LogP contribution in [0, 0.1) is 0 Å². The summed E-state index contributed by atoms with van der Waals surface area (Å²) in [6, 6.07) is -0.507. The number of rotatable bonds is 6. The van der Waals surface area contributed by atoms with E-state index in [-0.39, 0.29) is 30.0 Å². The van der Waals surface area contributed by atoms with Gasteiger partial charge < -0.3 is 14.5 Å². The number of hydrogen-bond acceptors (Lipinski definition) is 3. The van der Waals surface area contributed by atoms with Crippen LogP contribution in [-0.4, -0.2) is 59.5 Å². The fourth-order valence-electron chi connectivity index (χ4n) is 3.21. The topological polar surface area (TPSA) is 49.9 Å². The minimum atomic E-state index is -0.308. The lowest BCUT2D eigenvalue weighted by Crippen LogP contribution is -2.65. The number of unbranched alkanes of at least 4 members (excludes halogenated alkanes) is 1. The van der Waals surface area contributed by atoms with E-state index in [9.17, 15) is 9.59 Å². The molecule has 0 N–H and O–H groups in total. The van der Waals surface area contributed by atoms with Crippen LogP contribution in [0.15, 0.2) is 0 Å². The van der Waals surface area contributed by atoms with Gasteiger partial charge in [-0.2, -0.15) is 0 Å². The number of carbonyl (C=O) groups is 2. The molecule has 2 aliphatic rings. The summed E-state index contributed by atoms with van der Waals surface area (Å²) in [5.74, 6) is 0.268. The van der Waals surface area contributed by atoms with Crippen molar-refractivity contribution in [2.75, 3.05) is 19.7 Å². The Balaban J connectivity index is 1.86. The van der Waals surface area contributed by atoms with E-state index in [4.69, 9.17) is 4.74 Å². The quantitative estimate of drug-likeness (QED) is 0.702. The van der Waals surface area contributed by atoms with Crippen molar-refractivity contribution >= 4 is 11.8 Å². The summed E-state index contributed by atoms with van der Waals surface area (Å²) in [7, 11) is 0. The molecule has 0 spiro atoms. The third kappa shape index (κ3) is 3.76. The van der Waals surface area contributed by atoms with Crippen molar-refractivity contribution in [2.24, 2.45) is 0 Å². The van der Waals surface area contributed by atoms with Crippen LogP contribution >= 0.6 is 0 Å². The van der Waals surface area contributed by atoms with Crippen LogP contribution in [0.4, 0.5) is 0 Å². The van der Waals surface area contributed by atoms with Crippen LogP contribution in [0.25, 0.3) is 0 Å². The van der Waals surface area contributed by atoms with Crippen molar-refractivity contribution in [1.82, 2.24) is 9.80 Å². The second-order valence-corrected chi connectivity index (χ2v) is 6.38. The maximum Gasteiger partial charge on any atom is 0.246 e. The number of hydrogen-bond donors (Lipinski definition) is 0. The minimum absolute atomic E-state index is 0.123. The molecule has 2 saturated heterocycles. The molecule has 2 atom stereocenters. The van der Waals surface area contributed by atoms with E-state index in [2.05, 4.69) is 0 Å². The molecule has 2 heterocycles. The van der Waals surface area contributed by atoms with E-state index in [0.29, 0.717) is 6.54 Å². The smallest absolute Gasteiger partial charge is 0.246 e. The molecule has 2 fully saturated rings. The van der Waals surface area contributed by atoms with Crippen LogP contribution < -0.4 is 0 Å². The van der Waals surface area contributed by atoms with E-state index in [0.717, 1.165) is 45.3 Å². The molecule has 120 valence electrons. The number of amides is 2. The third-order valence-corrected chi connectivity index (χ3v) is 4.42. The van der Waals surface area contributed by atoms with Gasteiger partial charge in [0, 0.05) is 19.7 Å². The highest BCUT2D eigenvalue weighted by atomic mass is 16.5. The molecule has 5 heteroatoms. The maximum atomic E-state index is 12.6. The lowest BCUT2D eigenvalue weighted by atomic mass is 9.95. The molecule has 5 nitrogen and oxygen atoms in total. The van der Waals surface area contributed by atoms with E-state index in [1.807, 2.05) is 20.8 Å². The molecular weight excluding hydrogens is 268 g/mol. The van der Waals surface area contributed by atoms with Gasteiger partial charge in [-0.1, -0.05) is 0 Å². The molecule has 0 radical (unpaired) electrons. The molecule has 2 amide bonds. The van der Waals surface area contributed by atoms with Gasteiger partial charge in [-0.3, -0.25) is 9.59 Å². The van der Waals surface area contributed by atoms with E-state index >= 15 is 0 Å². The van der Waals surface area contributed by atoms with Crippen LogP contribution in [0.2, 0.25) is 0 Å². The first kappa shape index (κ1) is 16.3. The number of ether oxygens (including phenoxy) is 1. The number of piperazine rings is 1. The standard InChI is InChI=1S/C16H28N2O3/c1-12(2)21-11-7-6-9-17-13(3)15(19)18-10-5-4-8-14(18)16(17)20/h12-14H,4-11H2,1-3H3. The monoisotopic (exact) mass is 296 g/mol. The van der Waals surface area contributed by atoms with Gasteiger partial charge in [0.05, 0.1) is 6.10 Å². The predicted octanol–water partition coefficient (Wildman–Crippen LogP) is 1.80. The Hall–Kier alpha value is -1.10. The lowest BCUT2D eigenvalue weighted by Gasteiger charge is -2.46. The Kier molecular flexibility index (Phi) is 5.62. The van der Waals surface area contributed by atoms with Crippen LogP contribution in [0.3, 0.4) is 0 Å². The Bertz CT molecular complexity index is 384. The fraction of sp³-hybridized carbons (Fsp3) is 0.875. The number of nitrogens with zero attached hydrogens (tertiary/aromatic N) is 2. The normalized spacial score (nSPS) is 26.5. The van der Waals surface area contributed by atoms with Crippen molar-refractivity contribution in [1.29, 1.82) is 0 Å². The Morgan fingerprint density at radius 1 is 1.19 bits per heavy atom. The van der Waals surface area contributed by atoms with Crippen molar-refractivity contribution in [3.63, 3.8) is 0 Å². The summed E-state index contributed by atoms with van der Waals surface area (Å²) in [5.41, 5.74) is 0. The van der Waals surface area contributed by atoms with Gasteiger partial charge >= 0.3 is 0 Å². The predicted molar refractivity (Wildman–Crippen MR) is 80.8 cm³/mol. The molecule has 0 aliphatic carbocycles. The van der Waals surface area contributed by atoms with E-state index < -0.39 is 0 Å². The minimum Gasteiger partial charge on any atom is -0.379 e. The van der Waals surface area contributed by atoms with Gasteiger partial charge in [0.25, 0.3) is 0 Å². The van der Waals surface area contributed by atoms with Gasteiger partial charge in [0.2, 0.25) is 11.8 Å². The van der Waals surface area contributed by atoms with Gasteiger partial charge in [0.15, 0.2) is 0 Å². The molecule has 21 heavy (non-hydrogen) atoms. The summed E-state index contributed by atoms with van der Waals surface area (Å²) in [5, 5.41) is 0. The zero-order valence-electron chi connectivity index (χ0n) is 13.5. The highest BCUT2D eigenvalue weighted by Crippen LogP contribution is 2.26. The molecular formula is C16H28N2O3. The van der Waals surface area contributed by atoms with Crippen molar-refractivity contribution < 1.29 is 14.3 Å². The molecule has 0 aromatic heterocycles. The average molecular weight is 296 g/mol. The first-order chi connectivity index (χ1) is 10.0. The zero-order valence-corrected chi connectivity index (χ0v) is 13.5. The number of piperidine rings is 1. The third-order valence-electron chi connectivity index (χ3n) is 4.42. The Morgan fingerprint density at radius 3 is 2.67 bits per heavy atom. The Labute approximate surface area is 127 Å². The van der Waals surface area contributed by atoms with Crippen LogP contribution in [0.1, 0.15) is 52.9 Å². The molecule has 2 unspecified atom stereocenters. The SMILES string of the molecule is CC(C)OCCCCN1C(=O)C2CCCCN2C(=O)C1C. The molecule has 0 aromatic rings. The van der Waals surface area contributed by atoms with Crippen LogP contribution in [-0.2, 0) is 14.3 Å². The van der Waals surface area contributed by atoms with Crippen LogP contribution in [0.5, 0.6) is 0 Å². The van der Waals surface area contributed by atoms with E-state index in [1.165, 1.54) is 0 Å². The van der Waals surface area contributed by atoms with Gasteiger partial charge in [0.1, 0.15) is 12.1 Å². The molecule has 0 saturated carbocycles. The second kappa shape index (κ2) is 7.25. The van der Waals surface area contributed by atoms with Crippen molar-refractivity contribution in [2.45, 2.75) is 71.1 Å². The van der Waals surface area contributed by atoms with Crippen molar-refractivity contribution in [3.8, 4) is 0 Å². The summed E-state index contributed by atoms with van der Waals surface area (Å²) >= 11 is 0. The molecule has 0 bridgehead atoms. The first-order valence-corrected chi connectivity index (χ1v) is 8.25. The molecule has 2 rings (SSSR count). The van der Waals surface area contributed by atoms with Gasteiger partial charge in [-0.05, 0) is 52.9 Å². The van der Waals surface area contributed by atoms with E-state index in [1.54, 1.807) is 9.80 Å². The maximum absolute atomic E-state index is 12.6. The highest BCUT2D eigenvalue weighted by molar-refractivity contribution is 5.96. The number of fused-ring (bicyclic) bond motifs is 1. The fourth-order valence-corrected chi connectivity index (χ4v) is 3.21. The largest absolute Gasteiger partial charge is 0.379 e. The molecule has 2 aliphatic heterocycles. The summed E-state index contributed by atoms with van der Waals surface area (Å²) in [6.45, 7) is 8.03. The summed E-state index contributed by atoms with van der Waals surface area (Å²) < 4.78 is 5.51. The molecule has 0 aromatic carbocycles. The summed E-state index contributed by atoms with van der Waals surface area (Å²) in [6.07, 6.45) is 4.96. The zero-order chi connectivity index (χ0) is 15.4. The van der Waals surface area contributed by atoms with Gasteiger partial charge in [-0.15, -0.1) is 0 Å². The first-order valence-electron chi connectivity index (χ1n) is 8.25. The Morgan fingerprint density at radius 2 is 1.95 bits per heavy atom. The number of carbonyl (C=O) groups excluding carboxylic acids is 2. The van der Waals surface area contributed by atoms with Gasteiger partial charge in [-0.25, -0.2) is 0 Å². The lowest BCUT2D eigenvalue weighted by molar-refractivity contribution is -0.163. The van der Waals surface area contributed by atoms with Crippen molar-refractivity contribution in [3.05, 3.63) is 0 Å². The average Bonchev–Trinajstić information content (AvgIpc) is 2.47. The second-order valence-electron chi connectivity index (χ2n) is 6.38.